The summed E-state index contributed by atoms with van der Waals surface area (Å²) >= 11 is 5.77. The minimum absolute atomic E-state index is 0.0592. The highest BCUT2D eigenvalue weighted by Gasteiger charge is 2.10. The number of aryl methyl sites for hydroxylation is 1. The Hall–Kier alpha value is -1.56. The molecule has 0 aliphatic carbocycles. The van der Waals surface area contributed by atoms with Gasteiger partial charge >= 0.3 is 0 Å². The first-order valence-corrected chi connectivity index (χ1v) is 8.97. The lowest BCUT2D eigenvalue weighted by Crippen LogP contribution is -2.26. The zero-order valence-electron chi connectivity index (χ0n) is 12.0. The van der Waals surface area contributed by atoms with E-state index in [1.54, 1.807) is 42.5 Å². The van der Waals surface area contributed by atoms with E-state index in [0.29, 0.717) is 30.0 Å². The van der Waals surface area contributed by atoms with E-state index in [0.717, 1.165) is 5.56 Å². The predicted molar refractivity (Wildman–Crippen MR) is 88.5 cm³/mol. The van der Waals surface area contributed by atoms with Crippen LogP contribution in [0.4, 0.5) is 0 Å². The fraction of sp³-hybridized carbons (Fsp3) is 0.250. The van der Waals surface area contributed by atoms with Crippen LogP contribution in [0.3, 0.4) is 0 Å². The molecule has 0 saturated carbocycles. The Kier molecular flexibility index (Phi) is 5.83. The molecule has 0 aromatic heterocycles. The lowest BCUT2D eigenvalue weighted by molar-refractivity contribution is 0.474. The van der Waals surface area contributed by atoms with Crippen molar-refractivity contribution < 1.29 is 13.5 Å². The number of hydrogen-bond acceptors (Lipinski definition) is 3. The van der Waals surface area contributed by atoms with Gasteiger partial charge in [0.05, 0.1) is 5.75 Å². The zero-order valence-corrected chi connectivity index (χ0v) is 13.6. The Morgan fingerprint density at radius 1 is 1.05 bits per heavy atom. The number of aromatic hydroxyl groups is 1. The van der Waals surface area contributed by atoms with Gasteiger partial charge in [-0.15, -0.1) is 0 Å². The monoisotopic (exact) mass is 339 g/mol. The molecular weight excluding hydrogens is 322 g/mol. The summed E-state index contributed by atoms with van der Waals surface area (Å²) in [7, 11) is -3.35. The van der Waals surface area contributed by atoms with Gasteiger partial charge in [-0.1, -0.05) is 35.9 Å². The zero-order chi connectivity index (χ0) is 16.0. The van der Waals surface area contributed by atoms with Crippen LogP contribution in [-0.4, -0.2) is 20.1 Å². The maximum atomic E-state index is 12.0. The van der Waals surface area contributed by atoms with E-state index in [4.69, 9.17) is 11.6 Å². The first kappa shape index (κ1) is 16.8. The van der Waals surface area contributed by atoms with Crippen LogP contribution in [0.1, 0.15) is 17.5 Å². The molecule has 2 N–H and O–H groups in total. The number of benzene rings is 2. The van der Waals surface area contributed by atoms with Crippen molar-refractivity contribution >= 4 is 21.6 Å². The molecular formula is C16H18ClNO3S. The average molecular weight is 340 g/mol. The molecule has 0 unspecified atom stereocenters. The molecule has 6 heteroatoms. The highest BCUT2D eigenvalue weighted by molar-refractivity contribution is 7.88. The number of halogens is 1. The van der Waals surface area contributed by atoms with E-state index in [1.165, 1.54) is 0 Å². The number of phenolic OH excluding ortho intramolecular Hbond substituents is 1. The Bertz CT molecular complexity index is 714. The number of nitrogens with one attached hydrogen (secondary N) is 1. The second kappa shape index (κ2) is 7.63. The molecule has 118 valence electrons. The van der Waals surface area contributed by atoms with Crippen LogP contribution in [-0.2, 0) is 22.2 Å². The van der Waals surface area contributed by atoms with Gasteiger partial charge in [0.1, 0.15) is 5.75 Å². The van der Waals surface area contributed by atoms with E-state index < -0.39 is 10.0 Å². The van der Waals surface area contributed by atoms with Crippen LogP contribution in [0, 0.1) is 0 Å². The van der Waals surface area contributed by atoms with Gasteiger partial charge in [-0.3, -0.25) is 0 Å². The molecule has 2 rings (SSSR count). The van der Waals surface area contributed by atoms with Crippen molar-refractivity contribution in [1.82, 2.24) is 4.72 Å². The standard InChI is InChI=1S/C16H18ClNO3S/c17-15-8-6-14(7-9-15)12-22(20,21)18-10-2-4-13-3-1-5-16(19)11-13/h1,3,5-9,11,18-19H,2,4,10,12H2. The summed E-state index contributed by atoms with van der Waals surface area (Å²) in [6.07, 6.45) is 1.38. The van der Waals surface area contributed by atoms with E-state index >= 15 is 0 Å². The van der Waals surface area contributed by atoms with Crippen molar-refractivity contribution in [2.75, 3.05) is 6.54 Å². The third-order valence-electron chi connectivity index (χ3n) is 3.14. The third kappa shape index (κ3) is 5.67. The van der Waals surface area contributed by atoms with Gasteiger partial charge in [0, 0.05) is 11.6 Å². The Labute approximate surface area is 135 Å². The highest BCUT2D eigenvalue weighted by atomic mass is 35.5. The molecule has 0 radical (unpaired) electrons. The summed E-state index contributed by atoms with van der Waals surface area (Å²) in [5, 5.41) is 9.95. The van der Waals surface area contributed by atoms with Crippen LogP contribution >= 0.6 is 11.6 Å². The van der Waals surface area contributed by atoms with Gasteiger partial charge in [0.2, 0.25) is 10.0 Å². The first-order valence-electron chi connectivity index (χ1n) is 6.94. The number of phenols is 1. The Morgan fingerprint density at radius 2 is 1.77 bits per heavy atom. The second-order valence-corrected chi connectivity index (χ2v) is 7.30. The maximum Gasteiger partial charge on any atom is 0.215 e. The molecule has 22 heavy (non-hydrogen) atoms. The van der Waals surface area contributed by atoms with Crippen molar-refractivity contribution in [1.29, 1.82) is 0 Å². The van der Waals surface area contributed by atoms with Crippen LogP contribution in [0.15, 0.2) is 48.5 Å². The van der Waals surface area contributed by atoms with Crippen molar-refractivity contribution in [3.8, 4) is 5.75 Å². The molecule has 4 nitrogen and oxygen atoms in total. The predicted octanol–water partition coefficient (Wildman–Crippen LogP) is 3.10. The van der Waals surface area contributed by atoms with Gasteiger partial charge < -0.3 is 5.11 Å². The fourth-order valence-electron chi connectivity index (χ4n) is 2.08. The second-order valence-electron chi connectivity index (χ2n) is 5.05. The van der Waals surface area contributed by atoms with E-state index in [9.17, 15) is 13.5 Å². The lowest BCUT2D eigenvalue weighted by Gasteiger charge is -2.07. The summed E-state index contributed by atoms with van der Waals surface area (Å²) in [6, 6.07) is 13.7. The minimum atomic E-state index is -3.35. The summed E-state index contributed by atoms with van der Waals surface area (Å²) in [4.78, 5) is 0. The summed E-state index contributed by atoms with van der Waals surface area (Å²) in [5.74, 6) is 0.164. The molecule has 0 bridgehead atoms. The summed E-state index contributed by atoms with van der Waals surface area (Å²) < 4.78 is 26.5. The van der Waals surface area contributed by atoms with Gasteiger partial charge in [-0.25, -0.2) is 13.1 Å². The largest absolute Gasteiger partial charge is 0.508 e. The SMILES string of the molecule is O=S(=O)(Cc1ccc(Cl)cc1)NCCCc1cccc(O)c1. The molecule has 0 amide bonds. The van der Waals surface area contributed by atoms with E-state index in [-0.39, 0.29) is 11.5 Å². The molecule has 2 aromatic carbocycles. The van der Waals surface area contributed by atoms with Crippen molar-refractivity contribution in [2.24, 2.45) is 0 Å². The number of sulfonamides is 1. The lowest BCUT2D eigenvalue weighted by atomic mass is 10.1. The van der Waals surface area contributed by atoms with Crippen LogP contribution in [0.2, 0.25) is 5.02 Å². The fourth-order valence-corrected chi connectivity index (χ4v) is 3.40. The first-order chi connectivity index (χ1) is 10.4. The quantitative estimate of drug-likeness (QED) is 0.762. The number of hydrogen-bond donors (Lipinski definition) is 2. The summed E-state index contributed by atoms with van der Waals surface area (Å²) in [6.45, 7) is 0.367. The molecule has 0 aliphatic rings. The average Bonchev–Trinajstić information content (AvgIpc) is 2.46. The van der Waals surface area contributed by atoms with Crippen LogP contribution < -0.4 is 4.72 Å². The topological polar surface area (TPSA) is 66.4 Å². The molecule has 0 fully saturated rings. The van der Waals surface area contributed by atoms with Crippen molar-refractivity contribution in [3.63, 3.8) is 0 Å². The smallest absolute Gasteiger partial charge is 0.215 e. The van der Waals surface area contributed by atoms with Gasteiger partial charge in [0.15, 0.2) is 0 Å². The van der Waals surface area contributed by atoms with Crippen LogP contribution in [0.25, 0.3) is 0 Å². The third-order valence-corrected chi connectivity index (χ3v) is 4.75. The minimum Gasteiger partial charge on any atom is -0.508 e. The van der Waals surface area contributed by atoms with Gasteiger partial charge in [0.25, 0.3) is 0 Å². The molecule has 0 atom stereocenters. The highest BCUT2D eigenvalue weighted by Crippen LogP contribution is 2.13. The molecule has 2 aromatic rings. The van der Waals surface area contributed by atoms with Gasteiger partial charge in [-0.05, 0) is 48.2 Å². The van der Waals surface area contributed by atoms with E-state index in [2.05, 4.69) is 4.72 Å². The molecule has 0 saturated heterocycles. The molecule has 0 heterocycles. The normalized spacial score (nSPS) is 11.5. The summed E-state index contributed by atoms with van der Waals surface area (Å²) in [5.41, 5.74) is 1.68. The van der Waals surface area contributed by atoms with Crippen molar-refractivity contribution in [2.45, 2.75) is 18.6 Å². The number of rotatable bonds is 7. The molecule has 0 spiro atoms. The Morgan fingerprint density at radius 3 is 2.45 bits per heavy atom. The van der Waals surface area contributed by atoms with Crippen molar-refractivity contribution in [3.05, 3.63) is 64.7 Å². The van der Waals surface area contributed by atoms with Gasteiger partial charge in [-0.2, -0.15) is 0 Å². The van der Waals surface area contributed by atoms with E-state index in [1.807, 2.05) is 6.07 Å². The maximum absolute atomic E-state index is 12.0. The molecule has 0 aliphatic heterocycles. The van der Waals surface area contributed by atoms with Crippen LogP contribution in [0.5, 0.6) is 5.75 Å². The Balaban J connectivity index is 1.79.